The van der Waals surface area contributed by atoms with E-state index in [1.54, 1.807) is 32.9 Å². The van der Waals surface area contributed by atoms with Crippen LogP contribution in [-0.4, -0.2) is 42.8 Å². The fourth-order valence-corrected chi connectivity index (χ4v) is 2.64. The van der Waals surface area contributed by atoms with Gasteiger partial charge in [-0.2, -0.15) is 0 Å². The predicted octanol–water partition coefficient (Wildman–Crippen LogP) is 3.07. The number of ether oxygens (including phenoxy) is 3. The lowest BCUT2D eigenvalue weighted by Gasteiger charge is -2.21. The van der Waals surface area contributed by atoms with Crippen LogP contribution in [0.5, 0.6) is 11.5 Å². The highest BCUT2D eigenvalue weighted by atomic mass is 35.5. The van der Waals surface area contributed by atoms with Gasteiger partial charge in [-0.1, -0.05) is 11.6 Å². The third kappa shape index (κ3) is 7.30. The molecule has 0 spiro atoms. The molecule has 1 heterocycles. The summed E-state index contributed by atoms with van der Waals surface area (Å²) < 4.78 is 16.2. The normalized spacial score (nSPS) is 14.7. The van der Waals surface area contributed by atoms with Gasteiger partial charge < -0.3 is 19.5 Å². The van der Waals surface area contributed by atoms with Crippen LogP contribution in [0.15, 0.2) is 18.2 Å². The number of hydrogen-bond donors (Lipinski definition) is 2. The number of halogens is 1. The van der Waals surface area contributed by atoms with Crippen molar-refractivity contribution in [3.63, 3.8) is 0 Å². The van der Waals surface area contributed by atoms with Crippen LogP contribution in [0.2, 0.25) is 5.02 Å². The Kier molecular flexibility index (Phi) is 7.50. The van der Waals surface area contributed by atoms with Gasteiger partial charge in [0.1, 0.15) is 0 Å². The molecule has 0 aromatic heterocycles. The Morgan fingerprint density at radius 1 is 1.21 bits per heavy atom. The van der Waals surface area contributed by atoms with Crippen molar-refractivity contribution in [2.75, 3.05) is 13.2 Å². The summed E-state index contributed by atoms with van der Waals surface area (Å²) in [5.74, 6) is -0.498. The van der Waals surface area contributed by atoms with E-state index in [4.69, 9.17) is 25.8 Å². The average Bonchev–Trinajstić information content (AvgIpc) is 2.84. The predicted molar refractivity (Wildman–Crippen MR) is 108 cm³/mol. The van der Waals surface area contributed by atoms with Crippen molar-refractivity contribution in [1.82, 2.24) is 10.6 Å². The van der Waals surface area contributed by atoms with E-state index in [0.717, 1.165) is 12.5 Å². The summed E-state index contributed by atoms with van der Waals surface area (Å²) in [7, 11) is 0. The van der Waals surface area contributed by atoms with Gasteiger partial charge in [0.2, 0.25) is 0 Å². The third-order valence-electron chi connectivity index (χ3n) is 3.62. The summed E-state index contributed by atoms with van der Waals surface area (Å²) in [5.41, 5.74) is 0.106. The monoisotopic (exact) mass is 424 g/mol. The minimum atomic E-state index is -1.15. The molecule has 0 radical (unpaired) electrons. The molecule has 0 aliphatic carbocycles. The fourth-order valence-electron chi connectivity index (χ4n) is 2.36. The van der Waals surface area contributed by atoms with Gasteiger partial charge in [0.05, 0.1) is 18.2 Å². The van der Waals surface area contributed by atoms with Crippen molar-refractivity contribution < 1.29 is 28.6 Å². The topological polar surface area (TPSA) is 103 Å². The molecule has 1 aliphatic heterocycles. The molecule has 0 saturated carbocycles. The Morgan fingerprint density at radius 3 is 2.59 bits per heavy atom. The van der Waals surface area contributed by atoms with Crippen LogP contribution in [0.3, 0.4) is 0 Å². The van der Waals surface area contributed by atoms with E-state index in [2.05, 4.69) is 10.6 Å². The number of rotatable bonds is 4. The molecule has 9 heteroatoms. The number of esters is 1. The van der Waals surface area contributed by atoms with E-state index in [9.17, 15) is 14.4 Å². The molecule has 1 aromatic rings. The first-order chi connectivity index (χ1) is 13.5. The molecule has 1 aliphatic rings. The second-order valence-electron chi connectivity index (χ2n) is 7.49. The zero-order valence-corrected chi connectivity index (χ0v) is 17.6. The molecule has 1 atom stereocenters. The molecule has 158 valence electrons. The van der Waals surface area contributed by atoms with Crippen LogP contribution in [0.25, 0.3) is 6.08 Å². The highest BCUT2D eigenvalue weighted by Crippen LogP contribution is 2.38. The smallest absolute Gasteiger partial charge is 0.331 e. The quantitative estimate of drug-likeness (QED) is 0.568. The van der Waals surface area contributed by atoms with Crippen LogP contribution >= 0.6 is 11.6 Å². The van der Waals surface area contributed by atoms with Crippen molar-refractivity contribution >= 4 is 35.6 Å². The van der Waals surface area contributed by atoms with Gasteiger partial charge in [-0.3, -0.25) is 10.1 Å². The highest BCUT2D eigenvalue weighted by Gasteiger charge is 2.21. The summed E-state index contributed by atoms with van der Waals surface area (Å²) >= 11 is 6.21. The maximum absolute atomic E-state index is 12.0. The molecule has 0 bridgehead atoms. The molecular formula is C20H25ClN2O6. The zero-order valence-electron chi connectivity index (χ0n) is 16.8. The van der Waals surface area contributed by atoms with Gasteiger partial charge in [-0.05, 0) is 51.5 Å². The third-order valence-corrected chi connectivity index (χ3v) is 3.90. The maximum atomic E-state index is 12.0. The lowest BCUT2D eigenvalue weighted by atomic mass is 10.1. The number of nitrogens with one attached hydrogen (secondary N) is 2. The molecule has 2 N–H and O–H groups in total. The Hall–Kier alpha value is -2.74. The summed E-state index contributed by atoms with van der Waals surface area (Å²) in [4.78, 5) is 35.7. The molecule has 3 amide bonds. The average molecular weight is 425 g/mol. The number of carbonyl (C=O) groups is 3. The van der Waals surface area contributed by atoms with Crippen molar-refractivity contribution in [2.24, 2.45) is 0 Å². The van der Waals surface area contributed by atoms with Gasteiger partial charge in [0.25, 0.3) is 5.91 Å². The first-order valence-electron chi connectivity index (χ1n) is 9.16. The minimum Gasteiger partial charge on any atom is -0.489 e. The molecule has 0 saturated heterocycles. The Labute approximate surface area is 174 Å². The Bertz CT molecular complexity index is 816. The van der Waals surface area contributed by atoms with Crippen LogP contribution < -0.4 is 20.1 Å². The van der Waals surface area contributed by atoms with Gasteiger partial charge in [-0.25, -0.2) is 9.59 Å². The number of imide groups is 1. The largest absolute Gasteiger partial charge is 0.489 e. The molecule has 1 aromatic carbocycles. The zero-order chi connectivity index (χ0) is 21.6. The van der Waals surface area contributed by atoms with E-state index in [1.165, 1.54) is 13.0 Å². The van der Waals surface area contributed by atoms with Gasteiger partial charge in [0, 0.05) is 18.0 Å². The lowest BCUT2D eigenvalue weighted by Crippen LogP contribution is -2.50. The van der Waals surface area contributed by atoms with Crippen LogP contribution in [0.1, 0.15) is 39.7 Å². The van der Waals surface area contributed by atoms with Gasteiger partial charge >= 0.3 is 12.0 Å². The molecule has 29 heavy (non-hydrogen) atoms. The lowest BCUT2D eigenvalue weighted by molar-refractivity contribution is -0.149. The van der Waals surface area contributed by atoms with Gasteiger partial charge in [0.15, 0.2) is 17.6 Å². The van der Waals surface area contributed by atoms with Crippen molar-refractivity contribution in [3.05, 3.63) is 28.8 Å². The van der Waals surface area contributed by atoms with E-state index < -0.39 is 29.6 Å². The van der Waals surface area contributed by atoms with Crippen molar-refractivity contribution in [1.29, 1.82) is 0 Å². The number of carbonyl (C=O) groups excluding carboxylic acids is 3. The van der Waals surface area contributed by atoms with E-state index in [1.807, 2.05) is 0 Å². The number of urea groups is 1. The maximum Gasteiger partial charge on any atom is 0.331 e. The first-order valence-corrected chi connectivity index (χ1v) is 9.54. The molecule has 0 unspecified atom stereocenters. The Morgan fingerprint density at radius 2 is 1.90 bits per heavy atom. The summed E-state index contributed by atoms with van der Waals surface area (Å²) in [6, 6.07) is 2.66. The highest BCUT2D eigenvalue weighted by molar-refractivity contribution is 6.32. The fraction of sp³-hybridized carbons (Fsp3) is 0.450. The van der Waals surface area contributed by atoms with E-state index in [-0.39, 0.29) is 0 Å². The second kappa shape index (κ2) is 9.65. The van der Waals surface area contributed by atoms with E-state index in [0.29, 0.717) is 35.3 Å². The Balaban J connectivity index is 1.94. The van der Waals surface area contributed by atoms with Crippen LogP contribution in [0, 0.1) is 0 Å². The second-order valence-corrected chi connectivity index (χ2v) is 7.89. The summed E-state index contributed by atoms with van der Waals surface area (Å²) in [5, 5.41) is 5.07. The van der Waals surface area contributed by atoms with Crippen molar-refractivity contribution in [2.45, 2.75) is 45.8 Å². The van der Waals surface area contributed by atoms with Crippen LogP contribution in [-0.2, 0) is 14.3 Å². The van der Waals surface area contributed by atoms with E-state index >= 15 is 0 Å². The first kappa shape index (κ1) is 22.5. The number of fused-ring (bicyclic) bond motifs is 1. The molecule has 2 rings (SSSR count). The molecule has 0 fully saturated rings. The van der Waals surface area contributed by atoms with Gasteiger partial charge in [-0.15, -0.1) is 0 Å². The van der Waals surface area contributed by atoms with Crippen LogP contribution in [0.4, 0.5) is 4.79 Å². The standard InChI is InChI=1S/C20H25ClN2O6/c1-12(18(25)22-19(26)23-20(2,3)4)29-16(24)7-6-13-10-14(21)17-15(11-13)27-8-5-9-28-17/h6-7,10-12H,5,8-9H2,1-4H3,(H2,22,23,25,26)/b7-6+/t12-/m1/s1. The minimum absolute atomic E-state index is 0.370. The molecule has 8 nitrogen and oxygen atoms in total. The molecular weight excluding hydrogens is 400 g/mol. The SMILES string of the molecule is C[C@@H](OC(=O)/C=C/c1cc(Cl)c2c(c1)OCCCO2)C(=O)NC(=O)NC(C)(C)C. The number of amides is 3. The summed E-state index contributed by atoms with van der Waals surface area (Å²) in [6.07, 6.45) is 2.25. The van der Waals surface area contributed by atoms with Crippen molar-refractivity contribution in [3.8, 4) is 11.5 Å². The summed E-state index contributed by atoms with van der Waals surface area (Å²) in [6.45, 7) is 7.72. The number of hydrogen-bond acceptors (Lipinski definition) is 6. The number of benzene rings is 1.